The summed E-state index contributed by atoms with van der Waals surface area (Å²) in [6, 6.07) is -0.264. The Balaban J connectivity index is 2.38. The first kappa shape index (κ1) is 13.4. The lowest BCUT2D eigenvalue weighted by molar-refractivity contribution is -0.130. The van der Waals surface area contributed by atoms with E-state index in [1.165, 1.54) is 4.90 Å². The molecular formula is C11H20N2O2S. The Labute approximate surface area is 101 Å². The molecule has 1 aliphatic heterocycles. The van der Waals surface area contributed by atoms with Crippen molar-refractivity contribution in [2.45, 2.75) is 33.2 Å². The Morgan fingerprint density at radius 2 is 2.00 bits per heavy atom. The Morgan fingerprint density at radius 1 is 1.38 bits per heavy atom. The van der Waals surface area contributed by atoms with Crippen molar-refractivity contribution in [3.63, 3.8) is 0 Å². The van der Waals surface area contributed by atoms with Gasteiger partial charge < -0.3 is 5.32 Å². The highest BCUT2D eigenvalue weighted by Crippen LogP contribution is 2.17. The standard InChI is InChI=1S/C11H20N2O2S/c1-8(2)7-16-6-5-13-9(14)11(3,4)12-10(13)15/h8H,5-7H2,1-4H3,(H,12,15). The number of nitrogens with zero attached hydrogens (tertiary/aromatic N) is 1. The first-order valence-electron chi connectivity index (χ1n) is 5.56. The van der Waals surface area contributed by atoms with Crippen molar-refractivity contribution >= 4 is 23.7 Å². The van der Waals surface area contributed by atoms with Crippen molar-refractivity contribution in [1.29, 1.82) is 0 Å². The van der Waals surface area contributed by atoms with Gasteiger partial charge in [-0.15, -0.1) is 0 Å². The SMILES string of the molecule is CC(C)CSCCN1C(=O)NC(C)(C)C1=O. The van der Waals surface area contributed by atoms with Crippen LogP contribution in [-0.4, -0.2) is 40.4 Å². The van der Waals surface area contributed by atoms with E-state index in [1.54, 1.807) is 25.6 Å². The molecule has 0 spiro atoms. The molecule has 3 amide bonds. The van der Waals surface area contributed by atoms with Crippen molar-refractivity contribution in [2.24, 2.45) is 5.92 Å². The summed E-state index contributed by atoms with van der Waals surface area (Å²) in [5.41, 5.74) is -0.736. The maximum Gasteiger partial charge on any atom is 0.325 e. The first-order chi connectivity index (χ1) is 7.34. The highest BCUT2D eigenvalue weighted by molar-refractivity contribution is 7.99. The molecule has 0 aromatic carbocycles. The van der Waals surface area contributed by atoms with Gasteiger partial charge in [0.25, 0.3) is 5.91 Å². The average Bonchev–Trinajstić information content (AvgIpc) is 2.33. The van der Waals surface area contributed by atoms with Gasteiger partial charge in [0.15, 0.2) is 0 Å². The second kappa shape index (κ2) is 5.08. The summed E-state index contributed by atoms with van der Waals surface area (Å²) in [6.45, 7) is 8.28. The van der Waals surface area contributed by atoms with E-state index in [0.717, 1.165) is 11.5 Å². The van der Waals surface area contributed by atoms with E-state index in [-0.39, 0.29) is 11.9 Å². The Morgan fingerprint density at radius 3 is 2.44 bits per heavy atom. The van der Waals surface area contributed by atoms with Crippen LogP contribution < -0.4 is 5.32 Å². The molecule has 0 aromatic rings. The number of carbonyl (C=O) groups excluding carboxylic acids is 2. The number of carbonyl (C=O) groups is 2. The molecule has 0 aromatic heterocycles. The highest BCUT2D eigenvalue weighted by atomic mass is 32.2. The molecule has 1 aliphatic rings. The van der Waals surface area contributed by atoms with Crippen LogP contribution in [0, 0.1) is 5.92 Å². The molecule has 1 fully saturated rings. The van der Waals surface area contributed by atoms with Crippen LogP contribution in [0.2, 0.25) is 0 Å². The molecule has 0 unspecified atom stereocenters. The molecule has 4 nitrogen and oxygen atoms in total. The average molecular weight is 244 g/mol. The molecule has 1 N–H and O–H groups in total. The molecule has 1 saturated heterocycles. The van der Waals surface area contributed by atoms with Crippen LogP contribution in [0.1, 0.15) is 27.7 Å². The molecule has 0 saturated carbocycles. The van der Waals surface area contributed by atoms with Gasteiger partial charge in [0.05, 0.1) is 0 Å². The van der Waals surface area contributed by atoms with Gasteiger partial charge in [0.1, 0.15) is 5.54 Å². The number of rotatable bonds is 5. The Kier molecular flexibility index (Phi) is 4.24. The summed E-state index contributed by atoms with van der Waals surface area (Å²) in [7, 11) is 0. The number of urea groups is 1. The summed E-state index contributed by atoms with van der Waals surface area (Å²) in [6.07, 6.45) is 0. The van der Waals surface area contributed by atoms with Crippen LogP contribution in [0.15, 0.2) is 0 Å². The van der Waals surface area contributed by atoms with Crippen molar-refractivity contribution in [3.05, 3.63) is 0 Å². The summed E-state index contributed by atoms with van der Waals surface area (Å²) >= 11 is 1.78. The van der Waals surface area contributed by atoms with E-state index in [2.05, 4.69) is 19.2 Å². The third-order valence-corrected chi connectivity index (χ3v) is 3.73. The lowest BCUT2D eigenvalue weighted by atomic mass is 10.1. The molecule has 0 aliphatic carbocycles. The molecule has 5 heteroatoms. The van der Waals surface area contributed by atoms with Crippen molar-refractivity contribution in [3.8, 4) is 0 Å². The summed E-state index contributed by atoms with van der Waals surface area (Å²) in [5.74, 6) is 2.40. The fourth-order valence-corrected chi connectivity index (χ4v) is 2.45. The lowest BCUT2D eigenvalue weighted by Crippen LogP contribution is -2.40. The van der Waals surface area contributed by atoms with Gasteiger partial charge in [-0.3, -0.25) is 9.69 Å². The monoisotopic (exact) mass is 244 g/mol. The van der Waals surface area contributed by atoms with Crippen LogP contribution in [0.4, 0.5) is 4.79 Å². The van der Waals surface area contributed by atoms with Gasteiger partial charge >= 0.3 is 6.03 Å². The summed E-state index contributed by atoms with van der Waals surface area (Å²) < 4.78 is 0. The Bertz CT molecular complexity index is 290. The third-order valence-electron chi connectivity index (χ3n) is 2.35. The second-order valence-corrected chi connectivity index (χ2v) is 6.13. The zero-order valence-electron chi connectivity index (χ0n) is 10.4. The van der Waals surface area contributed by atoms with Gasteiger partial charge in [0, 0.05) is 12.3 Å². The smallest absolute Gasteiger partial charge is 0.324 e. The second-order valence-electron chi connectivity index (χ2n) is 4.98. The predicted octanol–water partition coefficient (Wildman–Crippen LogP) is 1.71. The van der Waals surface area contributed by atoms with Crippen molar-refractivity contribution in [1.82, 2.24) is 10.2 Å². The Hall–Kier alpha value is -0.710. The summed E-state index contributed by atoms with van der Waals surface area (Å²) in [4.78, 5) is 24.6. The van der Waals surface area contributed by atoms with Crippen molar-refractivity contribution in [2.75, 3.05) is 18.1 Å². The van der Waals surface area contributed by atoms with Gasteiger partial charge in [0.2, 0.25) is 0 Å². The topological polar surface area (TPSA) is 49.4 Å². The van der Waals surface area contributed by atoms with Crippen LogP contribution in [0.25, 0.3) is 0 Å². The molecule has 0 radical (unpaired) electrons. The number of imide groups is 1. The van der Waals surface area contributed by atoms with Crippen molar-refractivity contribution < 1.29 is 9.59 Å². The molecule has 0 bridgehead atoms. The molecule has 92 valence electrons. The van der Waals surface area contributed by atoms with Gasteiger partial charge in [-0.2, -0.15) is 11.8 Å². The highest BCUT2D eigenvalue weighted by Gasteiger charge is 2.43. The van der Waals surface area contributed by atoms with Crippen LogP contribution in [0.3, 0.4) is 0 Å². The largest absolute Gasteiger partial charge is 0.325 e. The minimum Gasteiger partial charge on any atom is -0.324 e. The normalized spacial score (nSPS) is 19.4. The number of amides is 3. The van der Waals surface area contributed by atoms with Gasteiger partial charge in [-0.25, -0.2) is 4.79 Å². The van der Waals surface area contributed by atoms with E-state index in [4.69, 9.17) is 0 Å². The molecule has 0 atom stereocenters. The third kappa shape index (κ3) is 3.14. The molecule has 1 rings (SSSR count). The minimum absolute atomic E-state index is 0.123. The number of hydrogen-bond acceptors (Lipinski definition) is 3. The molecule has 1 heterocycles. The van der Waals surface area contributed by atoms with E-state index in [1.807, 2.05) is 0 Å². The zero-order chi connectivity index (χ0) is 12.3. The number of thioether (sulfide) groups is 1. The lowest BCUT2D eigenvalue weighted by Gasteiger charge is -2.15. The maximum atomic E-state index is 11.8. The van der Waals surface area contributed by atoms with Crippen LogP contribution >= 0.6 is 11.8 Å². The zero-order valence-corrected chi connectivity index (χ0v) is 11.2. The quantitative estimate of drug-likeness (QED) is 0.591. The fourth-order valence-electron chi connectivity index (χ4n) is 1.50. The van der Waals surface area contributed by atoms with E-state index in [0.29, 0.717) is 12.5 Å². The van der Waals surface area contributed by atoms with Crippen LogP contribution in [-0.2, 0) is 4.79 Å². The summed E-state index contributed by atoms with van der Waals surface area (Å²) in [5, 5.41) is 2.67. The number of nitrogens with one attached hydrogen (secondary N) is 1. The van der Waals surface area contributed by atoms with Crippen LogP contribution in [0.5, 0.6) is 0 Å². The molecule has 16 heavy (non-hydrogen) atoms. The first-order valence-corrected chi connectivity index (χ1v) is 6.72. The van der Waals surface area contributed by atoms with E-state index < -0.39 is 5.54 Å². The van der Waals surface area contributed by atoms with E-state index >= 15 is 0 Å². The van der Waals surface area contributed by atoms with E-state index in [9.17, 15) is 9.59 Å². The predicted molar refractivity (Wildman–Crippen MR) is 66.5 cm³/mol. The molecular weight excluding hydrogens is 224 g/mol. The minimum atomic E-state index is -0.736. The van der Waals surface area contributed by atoms with Gasteiger partial charge in [-0.05, 0) is 25.5 Å². The number of hydrogen-bond donors (Lipinski definition) is 1. The fraction of sp³-hybridized carbons (Fsp3) is 0.818. The maximum absolute atomic E-state index is 11.8. The van der Waals surface area contributed by atoms with Gasteiger partial charge in [-0.1, -0.05) is 13.8 Å².